The average Bonchev–Trinajstić information content (AvgIpc) is 4.29. The number of fused-ring (bicyclic) bond motifs is 3. The van der Waals surface area contributed by atoms with Crippen LogP contribution in [0.2, 0.25) is 0 Å². The Kier molecular flexibility index (Phi) is 13.9. The topological polar surface area (TPSA) is 255 Å². The van der Waals surface area contributed by atoms with Crippen LogP contribution in [-0.2, 0) is 34.7 Å². The van der Waals surface area contributed by atoms with Gasteiger partial charge < -0.3 is 41.6 Å². The van der Waals surface area contributed by atoms with Gasteiger partial charge in [-0.2, -0.15) is 39.0 Å². The smallest absolute Gasteiger partial charge is 0.176 e. The molecule has 12 heterocycles. The number of nitrogens with one attached hydrogen (secondary N) is 3. The number of piperidine rings is 1. The Morgan fingerprint density at radius 1 is 0.726 bits per heavy atom. The summed E-state index contributed by atoms with van der Waals surface area (Å²) in [5.41, 5.74) is 23.6. The number of anilines is 3. The molecule has 1 spiro atoms. The van der Waals surface area contributed by atoms with Crippen LogP contribution in [0.4, 0.5) is 17.5 Å². The molecular formula is C50H60BrN19O3. The first-order chi connectivity index (χ1) is 35.6. The summed E-state index contributed by atoms with van der Waals surface area (Å²) in [5, 5.41) is 32.2. The van der Waals surface area contributed by atoms with Crippen LogP contribution in [0.15, 0.2) is 84.5 Å². The van der Waals surface area contributed by atoms with E-state index in [0.717, 1.165) is 142 Å². The fraction of sp³-hybridized carbons (Fsp3) is 0.420. The van der Waals surface area contributed by atoms with Crippen LogP contribution in [0.25, 0.3) is 50.3 Å². The number of aromatic nitrogens is 14. The third-order valence-corrected chi connectivity index (χ3v) is 14.7. The first-order valence-electron chi connectivity index (χ1n) is 24.9. The van der Waals surface area contributed by atoms with E-state index in [0.29, 0.717) is 43.9 Å². The lowest BCUT2D eigenvalue weighted by atomic mass is 9.81. The number of nitrogens with two attached hydrogens (primary N) is 2. The molecule has 1 saturated carbocycles. The van der Waals surface area contributed by atoms with Crippen molar-refractivity contribution in [1.29, 1.82) is 0 Å². The van der Waals surface area contributed by atoms with Crippen LogP contribution in [0.1, 0.15) is 61.5 Å². The molecule has 0 bridgehead atoms. The highest BCUT2D eigenvalue weighted by atomic mass is 79.9. The van der Waals surface area contributed by atoms with Gasteiger partial charge in [-0.1, -0.05) is 6.42 Å². The Morgan fingerprint density at radius 3 is 2.05 bits per heavy atom. The lowest BCUT2D eigenvalue weighted by molar-refractivity contribution is -0.191. The maximum atomic E-state index is 6.31. The average molecular weight is 1060 g/mol. The van der Waals surface area contributed by atoms with Gasteiger partial charge in [0.25, 0.3) is 0 Å². The van der Waals surface area contributed by atoms with Crippen molar-refractivity contribution in [3.8, 4) is 33.4 Å². The third-order valence-electron chi connectivity index (χ3n) is 13.9. The summed E-state index contributed by atoms with van der Waals surface area (Å²) in [6, 6.07) is 8.44. The minimum Gasteiger partial charge on any atom is -0.384 e. The Labute approximate surface area is 429 Å². The maximum Gasteiger partial charge on any atom is 0.176 e. The Hall–Kier alpha value is -6.89. The monoisotopic (exact) mass is 1050 g/mol. The number of pyridine rings is 1. The van der Waals surface area contributed by atoms with Crippen LogP contribution in [-0.4, -0.2) is 132 Å². The van der Waals surface area contributed by atoms with Crippen LogP contribution >= 0.6 is 15.9 Å². The summed E-state index contributed by atoms with van der Waals surface area (Å²) in [5.74, 6) is 1.65. The summed E-state index contributed by atoms with van der Waals surface area (Å²) in [6.07, 6.45) is 23.7. The van der Waals surface area contributed by atoms with Crippen molar-refractivity contribution in [3.05, 3.63) is 102 Å². The van der Waals surface area contributed by atoms with E-state index in [1.165, 1.54) is 0 Å². The molecule has 2 unspecified atom stereocenters. The molecule has 1 aliphatic carbocycles. The molecule has 13 rings (SSSR count). The molecule has 0 aromatic carbocycles. The molecule has 3 saturated heterocycles. The quantitative estimate of drug-likeness (QED) is 0.128. The molecule has 4 fully saturated rings. The molecule has 9 aromatic heterocycles. The summed E-state index contributed by atoms with van der Waals surface area (Å²) in [6.45, 7) is 7.85. The van der Waals surface area contributed by atoms with Crippen LogP contribution in [0.5, 0.6) is 0 Å². The van der Waals surface area contributed by atoms with Crippen molar-refractivity contribution in [3.63, 3.8) is 0 Å². The molecule has 22 nitrogen and oxygen atoms in total. The first kappa shape index (κ1) is 48.4. The first-order valence-corrected chi connectivity index (χ1v) is 25.7. The zero-order chi connectivity index (χ0) is 50.1. The van der Waals surface area contributed by atoms with Gasteiger partial charge in [-0.25, -0.2) is 15.0 Å². The van der Waals surface area contributed by atoms with Crippen molar-refractivity contribution in [2.24, 2.45) is 14.1 Å². The second kappa shape index (κ2) is 20.9. The van der Waals surface area contributed by atoms with Gasteiger partial charge in [0.1, 0.15) is 17.5 Å². The lowest BCUT2D eigenvalue weighted by Gasteiger charge is -2.39. The highest BCUT2D eigenvalue weighted by Crippen LogP contribution is 2.46. The number of nitrogen functional groups attached to an aromatic ring is 2. The maximum absolute atomic E-state index is 6.31. The molecule has 23 heteroatoms. The molecule has 73 heavy (non-hydrogen) atoms. The van der Waals surface area contributed by atoms with Crippen LogP contribution in [0, 0.1) is 6.92 Å². The second-order valence-corrected chi connectivity index (χ2v) is 19.7. The zero-order valence-corrected chi connectivity index (χ0v) is 42.7. The molecular weight excluding hydrogens is 995 g/mol. The number of rotatable bonds is 8. The molecule has 3 aliphatic heterocycles. The van der Waals surface area contributed by atoms with Crippen molar-refractivity contribution >= 4 is 50.3 Å². The van der Waals surface area contributed by atoms with E-state index in [-0.39, 0.29) is 12.0 Å². The van der Waals surface area contributed by atoms with Gasteiger partial charge in [-0.3, -0.25) is 14.3 Å². The predicted molar refractivity (Wildman–Crippen MR) is 280 cm³/mol. The second-order valence-electron chi connectivity index (χ2n) is 18.9. The molecule has 2 atom stereocenters. The van der Waals surface area contributed by atoms with E-state index in [4.69, 9.17) is 40.6 Å². The molecule has 9 aromatic rings. The number of halogens is 1. The largest absolute Gasteiger partial charge is 0.384 e. The van der Waals surface area contributed by atoms with Gasteiger partial charge in [0.15, 0.2) is 22.7 Å². The number of nitrogens with zero attached hydrogens (tertiary/aromatic N) is 14. The van der Waals surface area contributed by atoms with Crippen LogP contribution in [0.3, 0.4) is 0 Å². The number of morpholine rings is 1. The molecule has 0 amide bonds. The van der Waals surface area contributed by atoms with Gasteiger partial charge in [-0.05, 0) is 79.3 Å². The van der Waals surface area contributed by atoms with Crippen molar-refractivity contribution in [2.45, 2.75) is 75.7 Å². The summed E-state index contributed by atoms with van der Waals surface area (Å²) >= 11 is 3.56. The van der Waals surface area contributed by atoms with Gasteiger partial charge in [0.2, 0.25) is 0 Å². The Balaban J connectivity index is 0.000000118. The van der Waals surface area contributed by atoms with Gasteiger partial charge >= 0.3 is 0 Å². The van der Waals surface area contributed by atoms with Gasteiger partial charge in [-0.15, -0.1) is 0 Å². The normalized spacial score (nSPS) is 19.0. The summed E-state index contributed by atoms with van der Waals surface area (Å²) in [4.78, 5) is 18.5. The third kappa shape index (κ3) is 9.99. The van der Waals surface area contributed by atoms with Crippen LogP contribution < -0.4 is 27.4 Å². The van der Waals surface area contributed by atoms with E-state index in [2.05, 4.69) is 68.4 Å². The van der Waals surface area contributed by atoms with Crippen molar-refractivity contribution < 1.29 is 14.2 Å². The SMILES string of the molecule is Cc1cc(NC2CCNCC2)n2ncc(-c3ccncc3)c2n1.Cn1cc(-c2cnn3c(N)c(Br)c(CC4CNCCO4)nc23)cn1.Cn1cc(-c2cnn3c(N)cc(C4CCCCC45OCCO5)nc23)cn1. The van der Waals surface area contributed by atoms with Crippen molar-refractivity contribution in [1.82, 2.24) is 79.0 Å². The van der Waals surface area contributed by atoms with Gasteiger partial charge in [0.05, 0.1) is 78.7 Å². The summed E-state index contributed by atoms with van der Waals surface area (Å²) < 4.78 is 27.4. The van der Waals surface area contributed by atoms with E-state index < -0.39 is 5.79 Å². The fourth-order valence-corrected chi connectivity index (χ4v) is 10.7. The Bertz CT molecular complexity index is 3350. The van der Waals surface area contributed by atoms with E-state index in [1.807, 2.05) is 68.5 Å². The summed E-state index contributed by atoms with van der Waals surface area (Å²) in [7, 11) is 3.77. The Morgan fingerprint density at radius 2 is 1.38 bits per heavy atom. The fourth-order valence-electron chi connectivity index (χ4n) is 10.3. The lowest BCUT2D eigenvalue weighted by Crippen LogP contribution is -2.40. The zero-order valence-electron chi connectivity index (χ0n) is 41.2. The number of hydrogen-bond acceptors (Lipinski definition) is 17. The highest BCUT2D eigenvalue weighted by molar-refractivity contribution is 9.10. The van der Waals surface area contributed by atoms with E-state index in [9.17, 15) is 0 Å². The molecule has 380 valence electrons. The van der Waals surface area contributed by atoms with E-state index in [1.54, 1.807) is 49.4 Å². The van der Waals surface area contributed by atoms with E-state index >= 15 is 0 Å². The number of hydrogen-bond donors (Lipinski definition) is 5. The standard InChI is InChI=1S/C18H22N6O2.C17H20N6.C15H18BrN7O/c1-23-11-12(9-20-23)13-10-21-24-16(19)8-15(22-17(13)24)14-4-2-3-5-18(14)25-6-7-26-18;1-12-10-16(22-14-4-8-19-9-5-14)23-17(21-12)15(11-20-23)13-2-6-18-7-3-13;1-22-8-9(5-19-22)11-7-20-23-14(17)13(16)12(21-15(11)23)4-10-6-18-2-3-24-10/h8-11,14H,2-7,19H2,1H3;2-3,6-7,10-11,14,19,22H,4-5,8-9H2,1H3;5,7-8,10,18H,2-4,6,17H2,1H3. The predicted octanol–water partition coefficient (Wildman–Crippen LogP) is 5.38. The highest BCUT2D eigenvalue weighted by Gasteiger charge is 2.47. The minimum absolute atomic E-state index is 0.0858. The molecule has 4 aliphatic rings. The van der Waals surface area contributed by atoms with Gasteiger partial charge in [0, 0.05) is 116 Å². The van der Waals surface area contributed by atoms with Crippen molar-refractivity contribution in [2.75, 3.05) is 62.8 Å². The molecule has 7 N–H and O–H groups in total. The molecule has 0 radical (unpaired) electrons. The number of aryl methyl sites for hydroxylation is 3. The minimum atomic E-state index is -0.551. The number of ether oxygens (including phenoxy) is 3.